The van der Waals surface area contributed by atoms with Crippen LogP contribution in [0, 0.1) is 5.41 Å². The highest BCUT2D eigenvalue weighted by Gasteiger charge is 2.21. The summed E-state index contributed by atoms with van der Waals surface area (Å²) < 4.78 is 7.50. The van der Waals surface area contributed by atoms with Gasteiger partial charge in [-0.05, 0) is 18.3 Å². The fourth-order valence-electron chi connectivity index (χ4n) is 1.95. The molecule has 0 aromatic carbocycles. The number of ether oxygens (including phenoxy) is 1. The summed E-state index contributed by atoms with van der Waals surface area (Å²) in [6.45, 7) is 8.27. The average molecular weight is 240 g/mol. The Hall–Kier alpha value is -0.610. The third kappa shape index (κ3) is 2.38. The van der Waals surface area contributed by atoms with Crippen LogP contribution >= 0.6 is 11.3 Å². The highest BCUT2D eigenvalue weighted by molar-refractivity contribution is 7.09. The summed E-state index contributed by atoms with van der Waals surface area (Å²) in [7, 11) is 0. The number of rotatable bonds is 1. The van der Waals surface area contributed by atoms with E-state index in [9.17, 15) is 0 Å². The number of aromatic nitrogens is 1. The van der Waals surface area contributed by atoms with Crippen molar-refractivity contribution in [2.45, 2.75) is 45.1 Å². The number of hydrogen-bond donors (Lipinski definition) is 1. The van der Waals surface area contributed by atoms with Crippen molar-refractivity contribution in [1.82, 2.24) is 4.57 Å². The van der Waals surface area contributed by atoms with Crippen LogP contribution < -0.4 is 4.80 Å². The van der Waals surface area contributed by atoms with E-state index >= 15 is 0 Å². The fourth-order valence-corrected chi connectivity index (χ4v) is 2.94. The topological polar surface area (TPSA) is 38.0 Å². The van der Waals surface area contributed by atoms with Gasteiger partial charge >= 0.3 is 0 Å². The van der Waals surface area contributed by atoms with E-state index in [1.807, 2.05) is 0 Å². The van der Waals surface area contributed by atoms with E-state index < -0.39 is 0 Å². The molecule has 1 saturated heterocycles. The number of nitrogens with zero attached hydrogens (tertiary/aromatic N) is 1. The number of hydrogen-bond acceptors (Lipinski definition) is 3. The lowest BCUT2D eigenvalue weighted by Gasteiger charge is -2.23. The second-order valence-corrected chi connectivity index (χ2v) is 6.43. The summed E-state index contributed by atoms with van der Waals surface area (Å²) in [5.74, 6) is 0. The molecule has 90 valence electrons. The van der Waals surface area contributed by atoms with Crippen LogP contribution in [0.15, 0.2) is 6.20 Å². The zero-order valence-electron chi connectivity index (χ0n) is 10.2. The van der Waals surface area contributed by atoms with Crippen molar-refractivity contribution in [1.29, 1.82) is 5.41 Å². The molecule has 1 aliphatic rings. The van der Waals surface area contributed by atoms with Gasteiger partial charge in [0.05, 0.1) is 0 Å². The summed E-state index contributed by atoms with van der Waals surface area (Å²) in [5.41, 5.74) is 0.150. The largest absolute Gasteiger partial charge is 0.381 e. The molecule has 1 aromatic heterocycles. The van der Waals surface area contributed by atoms with Gasteiger partial charge in [-0.15, -0.1) is 11.3 Å². The molecule has 2 rings (SSSR count). The van der Waals surface area contributed by atoms with Gasteiger partial charge in [-0.25, -0.2) is 0 Å². The minimum Gasteiger partial charge on any atom is -0.381 e. The first-order valence-electron chi connectivity index (χ1n) is 5.83. The predicted octanol–water partition coefficient (Wildman–Crippen LogP) is 2.68. The summed E-state index contributed by atoms with van der Waals surface area (Å²) in [6.07, 6.45) is 4.25. The molecule has 1 aromatic rings. The maximum atomic E-state index is 8.05. The molecule has 0 radical (unpaired) electrons. The van der Waals surface area contributed by atoms with Gasteiger partial charge in [0.1, 0.15) is 0 Å². The molecule has 0 atom stereocenters. The molecule has 0 amide bonds. The molecule has 0 saturated carbocycles. The first-order chi connectivity index (χ1) is 7.48. The molecule has 0 spiro atoms. The van der Waals surface area contributed by atoms with Gasteiger partial charge in [0.15, 0.2) is 4.80 Å². The summed E-state index contributed by atoms with van der Waals surface area (Å²) in [5, 5.41) is 8.05. The monoisotopic (exact) mass is 240 g/mol. The van der Waals surface area contributed by atoms with Crippen molar-refractivity contribution in [2.75, 3.05) is 13.2 Å². The van der Waals surface area contributed by atoms with Crippen LogP contribution in [0.1, 0.15) is 44.5 Å². The van der Waals surface area contributed by atoms with E-state index in [2.05, 4.69) is 31.5 Å². The second kappa shape index (κ2) is 4.34. The Morgan fingerprint density at radius 3 is 2.50 bits per heavy atom. The lowest BCUT2D eigenvalue weighted by molar-refractivity contribution is 0.0687. The van der Waals surface area contributed by atoms with Gasteiger partial charge in [-0.2, -0.15) is 0 Å². The Balaban J connectivity index is 2.28. The molecule has 0 unspecified atom stereocenters. The lowest BCUT2D eigenvalue weighted by Crippen LogP contribution is -2.25. The standard InChI is InChI=1S/C12H20N2OS/c1-12(2,3)10-8-14(11(13)16-10)9-4-6-15-7-5-9/h8-9,13H,4-7H2,1-3H3. The molecule has 1 aliphatic heterocycles. The van der Waals surface area contributed by atoms with Crippen molar-refractivity contribution in [3.63, 3.8) is 0 Å². The fraction of sp³-hybridized carbons (Fsp3) is 0.750. The highest BCUT2D eigenvalue weighted by Crippen LogP contribution is 2.27. The Morgan fingerprint density at radius 1 is 1.38 bits per heavy atom. The van der Waals surface area contributed by atoms with E-state index in [0.29, 0.717) is 10.8 Å². The number of nitrogens with one attached hydrogen (secondary N) is 1. The van der Waals surface area contributed by atoms with E-state index in [1.165, 1.54) is 4.88 Å². The Labute approximate surface area is 101 Å². The van der Waals surface area contributed by atoms with E-state index in [-0.39, 0.29) is 5.41 Å². The lowest BCUT2D eigenvalue weighted by atomic mass is 9.95. The van der Waals surface area contributed by atoms with Crippen LogP contribution in [0.3, 0.4) is 0 Å². The SMILES string of the molecule is CC(C)(C)c1cn(C2CCOCC2)c(=N)s1. The van der Waals surface area contributed by atoms with Gasteiger partial charge in [0.25, 0.3) is 0 Å². The molecular weight excluding hydrogens is 220 g/mol. The van der Waals surface area contributed by atoms with Crippen molar-refractivity contribution < 1.29 is 4.74 Å². The molecule has 1 fully saturated rings. The minimum atomic E-state index is 0.150. The predicted molar refractivity (Wildman–Crippen MR) is 66.0 cm³/mol. The van der Waals surface area contributed by atoms with Crippen LogP contribution in [-0.4, -0.2) is 17.8 Å². The Bertz CT molecular complexity index is 407. The maximum absolute atomic E-state index is 8.05. The van der Waals surface area contributed by atoms with E-state index in [0.717, 1.165) is 26.1 Å². The third-order valence-corrected chi connectivity index (χ3v) is 4.36. The van der Waals surface area contributed by atoms with Crippen molar-refractivity contribution in [3.8, 4) is 0 Å². The molecule has 4 heteroatoms. The van der Waals surface area contributed by atoms with Crippen LogP contribution in [-0.2, 0) is 10.2 Å². The van der Waals surface area contributed by atoms with Gasteiger partial charge < -0.3 is 9.30 Å². The zero-order valence-corrected chi connectivity index (χ0v) is 11.1. The average Bonchev–Trinajstić information content (AvgIpc) is 2.61. The van der Waals surface area contributed by atoms with Gasteiger partial charge in [-0.3, -0.25) is 5.41 Å². The summed E-state index contributed by atoms with van der Waals surface area (Å²) >= 11 is 1.60. The maximum Gasteiger partial charge on any atom is 0.182 e. The Morgan fingerprint density at radius 2 is 2.00 bits per heavy atom. The van der Waals surface area contributed by atoms with Crippen molar-refractivity contribution >= 4 is 11.3 Å². The summed E-state index contributed by atoms with van der Waals surface area (Å²) in [6, 6.07) is 0.466. The van der Waals surface area contributed by atoms with Crippen molar-refractivity contribution in [2.24, 2.45) is 0 Å². The summed E-state index contributed by atoms with van der Waals surface area (Å²) in [4.78, 5) is 1.97. The molecule has 3 nitrogen and oxygen atoms in total. The first kappa shape index (κ1) is 11.9. The van der Waals surface area contributed by atoms with Crippen LogP contribution in [0.4, 0.5) is 0 Å². The molecule has 1 N–H and O–H groups in total. The minimum absolute atomic E-state index is 0.150. The second-order valence-electron chi connectivity index (χ2n) is 5.40. The van der Waals surface area contributed by atoms with Gasteiger partial charge in [0, 0.05) is 30.3 Å². The molecule has 2 heterocycles. The van der Waals surface area contributed by atoms with E-state index in [4.69, 9.17) is 10.1 Å². The molecule has 16 heavy (non-hydrogen) atoms. The number of thiazole rings is 1. The first-order valence-corrected chi connectivity index (χ1v) is 6.65. The highest BCUT2D eigenvalue weighted by atomic mass is 32.1. The van der Waals surface area contributed by atoms with Gasteiger partial charge in [0.2, 0.25) is 0 Å². The quantitative estimate of drug-likeness (QED) is 0.805. The van der Waals surface area contributed by atoms with Gasteiger partial charge in [-0.1, -0.05) is 20.8 Å². The van der Waals surface area contributed by atoms with Crippen molar-refractivity contribution in [3.05, 3.63) is 15.9 Å². The van der Waals surface area contributed by atoms with Crippen LogP contribution in [0.2, 0.25) is 0 Å². The smallest absolute Gasteiger partial charge is 0.182 e. The van der Waals surface area contributed by atoms with Crippen LogP contribution in [0.25, 0.3) is 0 Å². The third-order valence-electron chi connectivity index (χ3n) is 3.02. The molecule has 0 aliphatic carbocycles. The normalized spacial score (nSPS) is 18.9. The van der Waals surface area contributed by atoms with E-state index in [1.54, 1.807) is 11.3 Å². The van der Waals surface area contributed by atoms with Crippen LogP contribution in [0.5, 0.6) is 0 Å². The zero-order chi connectivity index (χ0) is 11.8. The molecular formula is C12H20N2OS. The molecule has 0 bridgehead atoms. The Kier molecular flexibility index (Phi) is 3.22.